The number of carbonyl (C=O) groups is 1. The van der Waals surface area contributed by atoms with Crippen molar-refractivity contribution in [2.75, 3.05) is 26.2 Å². The molecule has 1 heterocycles. The molecule has 1 N–H and O–H groups in total. The van der Waals surface area contributed by atoms with Gasteiger partial charge >= 0.3 is 0 Å². The number of aryl methyl sites for hydroxylation is 1. The Balaban J connectivity index is 1.51. The molecule has 0 unspecified atom stereocenters. The maximum absolute atomic E-state index is 13.1. The van der Waals surface area contributed by atoms with Gasteiger partial charge in [0.1, 0.15) is 5.75 Å². The van der Waals surface area contributed by atoms with Crippen LogP contribution < -0.4 is 0 Å². The Morgan fingerprint density at radius 3 is 2.31 bits per heavy atom. The number of hydrogen-bond acceptors (Lipinski definition) is 4. The normalized spacial score (nSPS) is 15.6. The first-order valence-electron chi connectivity index (χ1n) is 9.45. The molecule has 0 bridgehead atoms. The van der Waals surface area contributed by atoms with Gasteiger partial charge in [-0.2, -0.15) is 4.31 Å². The molecule has 3 aromatic rings. The molecule has 7 heteroatoms. The molecule has 0 aliphatic carbocycles. The number of phenolic OH excluding ortho intramolecular Hbond substituents is 1. The molecule has 1 amide bonds. The smallest absolute Gasteiger partial charge is 0.257 e. The lowest BCUT2D eigenvalue weighted by Crippen LogP contribution is -2.50. The van der Waals surface area contributed by atoms with E-state index in [-0.39, 0.29) is 48.3 Å². The van der Waals surface area contributed by atoms with Gasteiger partial charge in [0.25, 0.3) is 5.91 Å². The quantitative estimate of drug-likeness (QED) is 0.720. The third-order valence-electron chi connectivity index (χ3n) is 5.35. The number of hydrogen-bond donors (Lipinski definition) is 1. The van der Waals surface area contributed by atoms with Crippen LogP contribution in [-0.2, 0) is 10.0 Å². The highest BCUT2D eigenvalue weighted by molar-refractivity contribution is 7.89. The van der Waals surface area contributed by atoms with Gasteiger partial charge in [0.2, 0.25) is 10.0 Å². The second kappa shape index (κ2) is 7.50. The van der Waals surface area contributed by atoms with E-state index in [0.29, 0.717) is 5.56 Å². The lowest BCUT2D eigenvalue weighted by Gasteiger charge is -2.34. The maximum Gasteiger partial charge on any atom is 0.257 e. The summed E-state index contributed by atoms with van der Waals surface area (Å²) in [5.74, 6) is -0.308. The van der Waals surface area contributed by atoms with Gasteiger partial charge in [-0.15, -0.1) is 0 Å². The van der Waals surface area contributed by atoms with E-state index in [9.17, 15) is 18.3 Å². The topological polar surface area (TPSA) is 77.9 Å². The highest BCUT2D eigenvalue weighted by Gasteiger charge is 2.31. The van der Waals surface area contributed by atoms with Crippen molar-refractivity contribution in [1.29, 1.82) is 0 Å². The minimum atomic E-state index is -3.64. The Kier molecular flexibility index (Phi) is 5.02. The summed E-state index contributed by atoms with van der Waals surface area (Å²) in [7, 11) is -3.64. The third kappa shape index (κ3) is 3.59. The lowest BCUT2D eigenvalue weighted by atomic mass is 10.1. The van der Waals surface area contributed by atoms with E-state index in [0.717, 1.165) is 10.8 Å². The van der Waals surface area contributed by atoms with Crippen molar-refractivity contribution < 1.29 is 18.3 Å². The molecule has 1 saturated heterocycles. The Hall–Kier alpha value is -2.90. The van der Waals surface area contributed by atoms with Crippen LogP contribution in [0.5, 0.6) is 5.75 Å². The molecule has 0 spiro atoms. The Morgan fingerprint density at radius 1 is 0.897 bits per heavy atom. The molecule has 1 fully saturated rings. The third-order valence-corrected chi connectivity index (χ3v) is 7.25. The van der Waals surface area contributed by atoms with Gasteiger partial charge in [-0.05, 0) is 41.5 Å². The Morgan fingerprint density at radius 2 is 1.59 bits per heavy atom. The SMILES string of the molecule is Cc1cccc(C(=O)N2CCN(S(=O)(=O)c3ccc4ccccc4c3)CC2)c1O. The van der Waals surface area contributed by atoms with Gasteiger partial charge in [0.05, 0.1) is 10.5 Å². The van der Waals surface area contributed by atoms with Crippen molar-refractivity contribution in [3.63, 3.8) is 0 Å². The van der Waals surface area contributed by atoms with Crippen molar-refractivity contribution in [3.8, 4) is 5.75 Å². The van der Waals surface area contributed by atoms with Crippen molar-refractivity contribution >= 4 is 26.7 Å². The highest BCUT2D eigenvalue weighted by Crippen LogP contribution is 2.25. The number of sulfonamides is 1. The number of rotatable bonds is 3. The monoisotopic (exact) mass is 410 g/mol. The molecule has 150 valence electrons. The molecular weight excluding hydrogens is 388 g/mol. The minimum absolute atomic E-state index is 0.0243. The number of amides is 1. The van der Waals surface area contributed by atoms with Gasteiger partial charge in [-0.3, -0.25) is 4.79 Å². The van der Waals surface area contributed by atoms with Crippen molar-refractivity contribution in [1.82, 2.24) is 9.21 Å². The van der Waals surface area contributed by atoms with E-state index < -0.39 is 10.0 Å². The standard InChI is InChI=1S/C22H22N2O4S/c1-16-5-4-8-20(21(16)25)22(26)23-11-13-24(14-12-23)29(27,28)19-10-9-17-6-2-3-7-18(17)15-19/h2-10,15,25H,11-14H2,1H3. The zero-order valence-corrected chi connectivity index (χ0v) is 16.9. The number of fused-ring (bicyclic) bond motifs is 1. The number of phenols is 1. The molecule has 1 aliphatic rings. The minimum Gasteiger partial charge on any atom is -0.507 e. The lowest BCUT2D eigenvalue weighted by molar-refractivity contribution is 0.0694. The fraction of sp³-hybridized carbons (Fsp3) is 0.227. The van der Waals surface area contributed by atoms with Crippen LogP contribution in [0.1, 0.15) is 15.9 Å². The molecule has 6 nitrogen and oxygen atoms in total. The maximum atomic E-state index is 13.1. The van der Waals surface area contributed by atoms with Gasteiger partial charge in [-0.25, -0.2) is 8.42 Å². The molecular formula is C22H22N2O4S. The van der Waals surface area contributed by atoms with Crippen LogP contribution in [-0.4, -0.2) is 54.8 Å². The number of para-hydroxylation sites is 1. The molecule has 0 atom stereocenters. The number of nitrogens with zero attached hydrogens (tertiary/aromatic N) is 2. The summed E-state index contributed by atoms with van der Waals surface area (Å²) in [4.78, 5) is 14.6. The van der Waals surface area contributed by atoms with Crippen molar-refractivity contribution in [3.05, 3.63) is 71.8 Å². The second-order valence-electron chi connectivity index (χ2n) is 7.18. The van der Waals surface area contributed by atoms with E-state index in [1.807, 2.05) is 30.3 Å². The predicted octanol–water partition coefficient (Wildman–Crippen LogP) is 3.00. The predicted molar refractivity (Wildman–Crippen MR) is 111 cm³/mol. The van der Waals surface area contributed by atoms with Gasteiger partial charge in [-0.1, -0.05) is 42.5 Å². The fourth-order valence-electron chi connectivity index (χ4n) is 3.61. The molecule has 3 aromatic carbocycles. The fourth-order valence-corrected chi connectivity index (χ4v) is 5.07. The number of carbonyl (C=O) groups excluding carboxylic acids is 1. The highest BCUT2D eigenvalue weighted by atomic mass is 32.2. The van der Waals surface area contributed by atoms with E-state index >= 15 is 0 Å². The van der Waals surface area contributed by atoms with Gasteiger partial charge < -0.3 is 10.0 Å². The van der Waals surface area contributed by atoms with Crippen LogP contribution in [0.2, 0.25) is 0 Å². The molecule has 0 radical (unpaired) electrons. The largest absolute Gasteiger partial charge is 0.507 e. The van der Waals surface area contributed by atoms with Gasteiger partial charge in [0.15, 0.2) is 0 Å². The van der Waals surface area contributed by atoms with E-state index in [4.69, 9.17) is 0 Å². The first-order valence-corrected chi connectivity index (χ1v) is 10.9. The first kappa shape index (κ1) is 19.4. The molecule has 1 aliphatic heterocycles. The van der Waals surface area contributed by atoms with Crippen LogP contribution in [0.25, 0.3) is 10.8 Å². The van der Waals surface area contributed by atoms with Crippen LogP contribution >= 0.6 is 0 Å². The molecule has 29 heavy (non-hydrogen) atoms. The summed E-state index contributed by atoms with van der Waals surface area (Å²) in [5.41, 5.74) is 0.879. The molecule has 0 aromatic heterocycles. The first-order chi connectivity index (χ1) is 13.9. The summed E-state index contributed by atoms with van der Waals surface area (Å²) >= 11 is 0. The van der Waals surface area contributed by atoms with E-state index in [2.05, 4.69) is 0 Å². The molecule has 0 saturated carbocycles. The zero-order chi connectivity index (χ0) is 20.6. The Bertz CT molecular complexity index is 1180. The number of benzene rings is 3. The van der Waals surface area contributed by atoms with Crippen molar-refractivity contribution in [2.24, 2.45) is 0 Å². The van der Waals surface area contributed by atoms with Crippen LogP contribution in [0.4, 0.5) is 0 Å². The average Bonchev–Trinajstić information content (AvgIpc) is 2.75. The molecule has 4 rings (SSSR count). The van der Waals surface area contributed by atoms with Crippen LogP contribution in [0.15, 0.2) is 65.6 Å². The van der Waals surface area contributed by atoms with Crippen LogP contribution in [0, 0.1) is 6.92 Å². The number of piperazine rings is 1. The Labute approximate surface area is 170 Å². The summed E-state index contributed by atoms with van der Waals surface area (Å²) in [6.07, 6.45) is 0. The summed E-state index contributed by atoms with van der Waals surface area (Å²) < 4.78 is 27.5. The van der Waals surface area contributed by atoms with E-state index in [1.54, 1.807) is 42.2 Å². The van der Waals surface area contributed by atoms with Gasteiger partial charge in [0, 0.05) is 26.2 Å². The van der Waals surface area contributed by atoms with Crippen molar-refractivity contribution in [2.45, 2.75) is 11.8 Å². The summed E-state index contributed by atoms with van der Waals surface area (Å²) in [6, 6.07) is 17.8. The summed E-state index contributed by atoms with van der Waals surface area (Å²) in [6.45, 7) is 2.72. The average molecular weight is 410 g/mol. The number of aromatic hydroxyl groups is 1. The van der Waals surface area contributed by atoms with E-state index in [1.165, 1.54) is 4.31 Å². The zero-order valence-electron chi connectivity index (χ0n) is 16.1. The second-order valence-corrected chi connectivity index (χ2v) is 9.11. The van der Waals surface area contributed by atoms with Crippen LogP contribution in [0.3, 0.4) is 0 Å². The summed E-state index contributed by atoms with van der Waals surface area (Å²) in [5, 5.41) is 12.0.